The van der Waals surface area contributed by atoms with Crippen LogP contribution in [-0.4, -0.2) is 16.9 Å². The molecule has 3 nitrogen and oxygen atoms in total. The van der Waals surface area contributed by atoms with Crippen molar-refractivity contribution in [2.75, 3.05) is 0 Å². The second kappa shape index (κ2) is 5.37. The molecule has 2 aromatic rings. The lowest BCUT2D eigenvalue weighted by Crippen LogP contribution is -2.32. The van der Waals surface area contributed by atoms with Gasteiger partial charge in [0.25, 0.3) is 0 Å². The number of benzene rings is 2. The Balaban J connectivity index is 2.21. The summed E-state index contributed by atoms with van der Waals surface area (Å²) in [6.45, 7) is 0. The highest BCUT2D eigenvalue weighted by molar-refractivity contribution is 6.27. The van der Waals surface area contributed by atoms with Gasteiger partial charge in [0, 0.05) is 11.1 Å². The van der Waals surface area contributed by atoms with Gasteiger partial charge in [-0.05, 0) is 29.3 Å². The summed E-state index contributed by atoms with van der Waals surface area (Å²) < 4.78 is 0. The van der Waals surface area contributed by atoms with Gasteiger partial charge in [-0.3, -0.25) is 4.79 Å². The van der Waals surface area contributed by atoms with Crippen LogP contribution in [0.2, 0.25) is 0 Å². The molecule has 0 aliphatic heterocycles. The average molecular weight is 278 g/mol. The summed E-state index contributed by atoms with van der Waals surface area (Å²) in [6.07, 6.45) is 3.55. The van der Waals surface area contributed by atoms with Gasteiger partial charge in [-0.15, -0.1) is 0 Å². The van der Waals surface area contributed by atoms with Crippen LogP contribution in [0.4, 0.5) is 0 Å². The zero-order valence-corrected chi connectivity index (χ0v) is 11.4. The van der Waals surface area contributed by atoms with E-state index in [1.54, 1.807) is 18.2 Å². The highest BCUT2D eigenvalue weighted by Crippen LogP contribution is 2.18. The summed E-state index contributed by atoms with van der Waals surface area (Å²) in [7, 11) is 0. The number of carboxylic acids is 1. The molecule has 0 fully saturated rings. The Bertz CT molecular complexity index is 847. The number of hydrogen-bond acceptors (Lipinski definition) is 2. The second-order valence-corrected chi connectivity index (χ2v) is 4.99. The van der Waals surface area contributed by atoms with Crippen molar-refractivity contribution in [3.05, 3.63) is 70.1 Å². The minimum absolute atomic E-state index is 0.0574. The van der Waals surface area contributed by atoms with Crippen molar-refractivity contribution in [2.24, 2.45) is 0 Å². The standard InChI is InChI=1S/C18H14O3/c19-17(15-9-3-4-10-16(15)18(20)21)14-11-5-7-12-6-1-2-8-13(12)14/h1-4,6-10H,5,11H2,(H,20,21). The van der Waals surface area contributed by atoms with Crippen LogP contribution < -0.4 is 10.4 Å². The molecule has 104 valence electrons. The predicted octanol–water partition coefficient (Wildman–Crippen LogP) is 1.99. The van der Waals surface area contributed by atoms with Crippen LogP contribution in [0.25, 0.3) is 11.6 Å². The highest BCUT2D eigenvalue weighted by Gasteiger charge is 2.20. The van der Waals surface area contributed by atoms with Crippen LogP contribution in [0, 0.1) is 0 Å². The van der Waals surface area contributed by atoms with Crippen molar-refractivity contribution >= 4 is 23.4 Å². The normalized spacial score (nSPS) is 13.2. The van der Waals surface area contributed by atoms with Gasteiger partial charge in [0.15, 0.2) is 5.78 Å². The van der Waals surface area contributed by atoms with E-state index in [1.165, 1.54) is 6.07 Å². The molecule has 0 unspecified atom stereocenters. The molecule has 0 atom stereocenters. The molecule has 1 aliphatic rings. The number of carboxylic acid groups (broad SMARTS) is 1. The molecule has 0 radical (unpaired) electrons. The number of carbonyl (C=O) groups excluding carboxylic acids is 1. The first-order valence-electron chi connectivity index (χ1n) is 6.84. The van der Waals surface area contributed by atoms with E-state index < -0.39 is 5.97 Å². The molecule has 0 spiro atoms. The van der Waals surface area contributed by atoms with E-state index in [2.05, 4.69) is 6.08 Å². The molecule has 0 heterocycles. The number of fused-ring (bicyclic) bond motifs is 1. The van der Waals surface area contributed by atoms with E-state index in [0.29, 0.717) is 12.0 Å². The zero-order valence-electron chi connectivity index (χ0n) is 11.4. The van der Waals surface area contributed by atoms with Crippen molar-refractivity contribution in [3.8, 4) is 0 Å². The molecular weight excluding hydrogens is 264 g/mol. The van der Waals surface area contributed by atoms with Crippen LogP contribution in [0.5, 0.6) is 0 Å². The van der Waals surface area contributed by atoms with Crippen molar-refractivity contribution in [1.82, 2.24) is 0 Å². The van der Waals surface area contributed by atoms with Crippen molar-refractivity contribution in [3.63, 3.8) is 0 Å². The minimum Gasteiger partial charge on any atom is -0.478 e. The lowest BCUT2D eigenvalue weighted by Gasteiger charge is -2.12. The fourth-order valence-electron chi connectivity index (χ4n) is 2.72. The summed E-state index contributed by atoms with van der Waals surface area (Å²) in [5.41, 5.74) is 1.01. The van der Waals surface area contributed by atoms with Gasteiger partial charge in [0.2, 0.25) is 0 Å². The molecule has 3 rings (SSSR count). The van der Waals surface area contributed by atoms with Crippen LogP contribution in [0.15, 0.2) is 48.5 Å². The molecule has 1 aliphatic carbocycles. The molecule has 0 saturated heterocycles. The van der Waals surface area contributed by atoms with E-state index in [4.69, 9.17) is 0 Å². The molecule has 3 heteroatoms. The molecular formula is C18H14O3. The van der Waals surface area contributed by atoms with Crippen LogP contribution in [0.3, 0.4) is 0 Å². The van der Waals surface area contributed by atoms with E-state index in [0.717, 1.165) is 16.9 Å². The number of Topliss-reactive ketones (excluding diaryl/α,β-unsaturated/α-hetero) is 1. The van der Waals surface area contributed by atoms with Crippen molar-refractivity contribution in [2.45, 2.75) is 12.8 Å². The first kappa shape index (κ1) is 13.3. The third kappa shape index (κ3) is 2.38. The first-order valence-corrected chi connectivity index (χ1v) is 6.84. The Hall–Kier alpha value is -2.68. The third-order valence-electron chi connectivity index (χ3n) is 3.72. The Morgan fingerprint density at radius 1 is 0.905 bits per heavy atom. The summed E-state index contributed by atoms with van der Waals surface area (Å²) in [5, 5.41) is 11.2. The lowest BCUT2D eigenvalue weighted by atomic mass is 9.91. The van der Waals surface area contributed by atoms with Crippen LogP contribution in [0.1, 0.15) is 33.6 Å². The van der Waals surface area contributed by atoms with E-state index in [1.807, 2.05) is 24.3 Å². The average Bonchev–Trinajstić information content (AvgIpc) is 2.53. The topological polar surface area (TPSA) is 54.4 Å². The van der Waals surface area contributed by atoms with E-state index >= 15 is 0 Å². The molecule has 21 heavy (non-hydrogen) atoms. The van der Waals surface area contributed by atoms with Gasteiger partial charge in [-0.1, -0.05) is 48.5 Å². The molecule has 2 aromatic carbocycles. The zero-order chi connectivity index (χ0) is 14.8. The summed E-state index contributed by atoms with van der Waals surface area (Å²) in [4.78, 5) is 24.1. The quantitative estimate of drug-likeness (QED) is 0.874. The van der Waals surface area contributed by atoms with Gasteiger partial charge in [0.1, 0.15) is 0 Å². The Morgan fingerprint density at radius 3 is 2.33 bits per heavy atom. The lowest BCUT2D eigenvalue weighted by molar-refractivity contribution is 0.0693. The molecule has 1 N–H and O–H groups in total. The third-order valence-corrected chi connectivity index (χ3v) is 3.72. The fraction of sp³-hybridized carbons (Fsp3) is 0.111. The van der Waals surface area contributed by atoms with Gasteiger partial charge in [-0.2, -0.15) is 0 Å². The van der Waals surface area contributed by atoms with E-state index in [9.17, 15) is 14.7 Å². The number of ketones is 1. The maximum Gasteiger partial charge on any atom is 0.336 e. The Labute approximate surface area is 121 Å². The molecule has 0 bridgehead atoms. The van der Waals surface area contributed by atoms with Gasteiger partial charge in [-0.25, -0.2) is 4.79 Å². The van der Waals surface area contributed by atoms with E-state index in [-0.39, 0.29) is 16.9 Å². The fourth-order valence-corrected chi connectivity index (χ4v) is 2.72. The SMILES string of the molecule is O=C(O)c1ccccc1C(=O)C1=c2ccccc2=CCC1. The van der Waals surface area contributed by atoms with Crippen molar-refractivity contribution < 1.29 is 14.7 Å². The highest BCUT2D eigenvalue weighted by atomic mass is 16.4. The van der Waals surface area contributed by atoms with Gasteiger partial charge < -0.3 is 5.11 Å². The van der Waals surface area contributed by atoms with Crippen LogP contribution >= 0.6 is 0 Å². The summed E-state index contributed by atoms with van der Waals surface area (Å²) >= 11 is 0. The maximum absolute atomic E-state index is 12.8. The molecule has 0 aromatic heterocycles. The molecule has 0 amide bonds. The first-order chi connectivity index (χ1) is 10.2. The number of carbonyl (C=O) groups is 2. The Morgan fingerprint density at radius 2 is 1.57 bits per heavy atom. The maximum atomic E-state index is 12.8. The van der Waals surface area contributed by atoms with Crippen molar-refractivity contribution in [1.29, 1.82) is 0 Å². The van der Waals surface area contributed by atoms with Gasteiger partial charge >= 0.3 is 5.97 Å². The number of hydrogen-bond donors (Lipinski definition) is 1. The number of aromatic carboxylic acids is 1. The Kier molecular flexibility index (Phi) is 3.40. The molecule has 0 saturated carbocycles. The summed E-state index contributed by atoms with van der Waals surface area (Å²) in [5.74, 6) is -1.26. The predicted molar refractivity (Wildman–Crippen MR) is 80.5 cm³/mol. The number of rotatable bonds is 3. The monoisotopic (exact) mass is 278 g/mol. The summed E-state index contributed by atoms with van der Waals surface area (Å²) in [6, 6.07) is 14.1. The second-order valence-electron chi connectivity index (χ2n) is 4.99. The largest absolute Gasteiger partial charge is 0.478 e. The van der Waals surface area contributed by atoms with Gasteiger partial charge in [0.05, 0.1) is 5.56 Å². The minimum atomic E-state index is -1.07. The van der Waals surface area contributed by atoms with Crippen LogP contribution in [-0.2, 0) is 0 Å². The smallest absolute Gasteiger partial charge is 0.336 e.